The summed E-state index contributed by atoms with van der Waals surface area (Å²) in [6, 6.07) is 13.0. The largest absolute Gasteiger partial charge is 0.297 e. The molecular formula is C20H21ClN4O3S. The van der Waals surface area contributed by atoms with Gasteiger partial charge < -0.3 is 0 Å². The fourth-order valence-electron chi connectivity index (χ4n) is 3.52. The van der Waals surface area contributed by atoms with Gasteiger partial charge in [0, 0.05) is 43.0 Å². The van der Waals surface area contributed by atoms with Gasteiger partial charge in [-0.15, -0.1) is 0 Å². The van der Waals surface area contributed by atoms with Gasteiger partial charge in [-0.05, 0) is 49.2 Å². The molecule has 0 saturated carbocycles. The van der Waals surface area contributed by atoms with Crippen molar-refractivity contribution in [2.75, 3.05) is 13.1 Å². The van der Waals surface area contributed by atoms with Crippen molar-refractivity contribution in [1.29, 1.82) is 0 Å². The van der Waals surface area contributed by atoms with Gasteiger partial charge in [0.05, 0.1) is 10.6 Å². The van der Waals surface area contributed by atoms with Crippen molar-refractivity contribution in [2.45, 2.75) is 30.3 Å². The molecular weight excluding hydrogens is 412 g/mol. The lowest BCUT2D eigenvalue weighted by Crippen LogP contribution is -2.44. The van der Waals surface area contributed by atoms with E-state index in [1.807, 2.05) is 12.1 Å². The molecule has 29 heavy (non-hydrogen) atoms. The smallest absolute Gasteiger partial charge is 0.258 e. The standard InChI is InChI=1S/C20H21ClN4O3S/c21-15-4-6-18(7-5-15)29(27,28)23-16-8-11-24(12-9-16)14-17-13-20(26)25-10-2-1-3-19(25)22-17/h1-7,10,13,16,23H,8-9,11-12,14H2. The van der Waals surface area contributed by atoms with Gasteiger partial charge in [-0.25, -0.2) is 18.1 Å². The summed E-state index contributed by atoms with van der Waals surface area (Å²) in [6.45, 7) is 2.02. The van der Waals surface area contributed by atoms with Crippen LogP contribution in [0.25, 0.3) is 5.65 Å². The van der Waals surface area contributed by atoms with E-state index < -0.39 is 10.0 Å². The number of likely N-dealkylation sites (tertiary alicyclic amines) is 1. The summed E-state index contributed by atoms with van der Waals surface area (Å²) < 4.78 is 29.4. The molecule has 1 saturated heterocycles. The fourth-order valence-corrected chi connectivity index (χ4v) is 4.95. The van der Waals surface area contributed by atoms with Crippen molar-refractivity contribution in [3.63, 3.8) is 0 Å². The molecule has 1 N–H and O–H groups in total. The van der Waals surface area contributed by atoms with E-state index >= 15 is 0 Å². The molecule has 0 bridgehead atoms. The summed E-state index contributed by atoms with van der Waals surface area (Å²) in [6.07, 6.45) is 3.09. The van der Waals surface area contributed by atoms with Crippen molar-refractivity contribution in [2.24, 2.45) is 0 Å². The predicted octanol–water partition coefficient (Wildman–Crippen LogP) is 2.29. The molecule has 1 aliphatic rings. The number of halogens is 1. The summed E-state index contributed by atoms with van der Waals surface area (Å²) in [5.74, 6) is 0. The number of nitrogens with zero attached hydrogens (tertiary/aromatic N) is 3. The number of sulfonamides is 1. The van der Waals surface area contributed by atoms with Crippen LogP contribution in [0.1, 0.15) is 18.5 Å². The van der Waals surface area contributed by atoms with Crippen molar-refractivity contribution in [3.05, 3.63) is 75.8 Å². The van der Waals surface area contributed by atoms with E-state index in [-0.39, 0.29) is 16.5 Å². The van der Waals surface area contributed by atoms with Crippen LogP contribution < -0.4 is 10.3 Å². The summed E-state index contributed by atoms with van der Waals surface area (Å²) in [4.78, 5) is 19.2. The first kappa shape index (κ1) is 20.0. The van der Waals surface area contributed by atoms with E-state index in [0.717, 1.165) is 18.8 Å². The quantitative estimate of drug-likeness (QED) is 0.668. The lowest BCUT2D eigenvalue weighted by molar-refractivity contribution is 0.198. The maximum Gasteiger partial charge on any atom is 0.258 e. The first-order valence-electron chi connectivity index (χ1n) is 9.38. The first-order valence-corrected chi connectivity index (χ1v) is 11.2. The van der Waals surface area contributed by atoms with E-state index in [9.17, 15) is 13.2 Å². The Morgan fingerprint density at radius 3 is 2.55 bits per heavy atom. The summed E-state index contributed by atoms with van der Waals surface area (Å²) in [7, 11) is -3.57. The van der Waals surface area contributed by atoms with Crippen molar-refractivity contribution >= 4 is 27.3 Å². The third-order valence-corrected chi connectivity index (χ3v) is 6.83. The average molecular weight is 433 g/mol. The molecule has 0 spiro atoms. The minimum atomic E-state index is -3.57. The summed E-state index contributed by atoms with van der Waals surface area (Å²) >= 11 is 5.83. The van der Waals surface area contributed by atoms with Crippen LogP contribution in [0.5, 0.6) is 0 Å². The molecule has 0 unspecified atom stereocenters. The van der Waals surface area contributed by atoms with Crippen LogP contribution >= 0.6 is 11.6 Å². The number of rotatable bonds is 5. The third-order valence-electron chi connectivity index (χ3n) is 5.04. The normalized spacial score (nSPS) is 16.3. The monoisotopic (exact) mass is 432 g/mol. The molecule has 3 aromatic rings. The highest BCUT2D eigenvalue weighted by atomic mass is 35.5. The number of piperidine rings is 1. The van der Waals surface area contributed by atoms with E-state index in [1.54, 1.807) is 30.5 Å². The maximum atomic E-state index is 12.5. The molecule has 9 heteroatoms. The van der Waals surface area contributed by atoms with Crippen LogP contribution in [0.2, 0.25) is 5.02 Å². The first-order chi connectivity index (χ1) is 13.9. The van der Waals surface area contributed by atoms with Crippen LogP contribution in [0.4, 0.5) is 0 Å². The van der Waals surface area contributed by atoms with Gasteiger partial charge in [0.25, 0.3) is 5.56 Å². The molecule has 3 heterocycles. The number of nitrogens with one attached hydrogen (secondary N) is 1. The SMILES string of the molecule is O=c1cc(CN2CCC(NS(=O)(=O)c3ccc(Cl)cc3)CC2)nc2ccccn12. The molecule has 1 aromatic carbocycles. The van der Waals surface area contributed by atoms with Crippen molar-refractivity contribution in [3.8, 4) is 0 Å². The minimum absolute atomic E-state index is 0.101. The fraction of sp³-hybridized carbons (Fsp3) is 0.300. The van der Waals surface area contributed by atoms with Crippen molar-refractivity contribution in [1.82, 2.24) is 19.0 Å². The molecule has 4 rings (SSSR count). The number of fused-ring (bicyclic) bond motifs is 1. The Balaban J connectivity index is 1.37. The van der Waals surface area contributed by atoms with Crippen LogP contribution in [0.3, 0.4) is 0 Å². The zero-order chi connectivity index (χ0) is 20.4. The molecule has 0 amide bonds. The number of pyridine rings is 1. The zero-order valence-electron chi connectivity index (χ0n) is 15.7. The van der Waals surface area contributed by atoms with E-state index in [1.165, 1.54) is 16.5 Å². The second-order valence-corrected chi connectivity index (χ2v) is 9.29. The lowest BCUT2D eigenvalue weighted by Gasteiger charge is -2.31. The Bertz CT molecular complexity index is 1170. The summed E-state index contributed by atoms with van der Waals surface area (Å²) in [5.41, 5.74) is 1.25. The average Bonchev–Trinajstić information content (AvgIpc) is 2.70. The van der Waals surface area contributed by atoms with Crippen molar-refractivity contribution < 1.29 is 8.42 Å². The number of aromatic nitrogens is 2. The molecule has 0 atom stereocenters. The van der Waals surface area contributed by atoms with Gasteiger partial charge in [0.1, 0.15) is 5.65 Å². The van der Waals surface area contributed by atoms with Gasteiger partial charge in [-0.3, -0.25) is 14.1 Å². The second-order valence-electron chi connectivity index (χ2n) is 7.14. The molecule has 0 radical (unpaired) electrons. The Hall–Kier alpha value is -2.26. The zero-order valence-corrected chi connectivity index (χ0v) is 17.2. The van der Waals surface area contributed by atoms with E-state index in [2.05, 4.69) is 14.6 Å². The molecule has 7 nitrogen and oxygen atoms in total. The van der Waals surface area contributed by atoms with Gasteiger partial charge in [-0.2, -0.15) is 0 Å². The number of hydrogen-bond donors (Lipinski definition) is 1. The Labute approximate surface area is 174 Å². The third kappa shape index (κ3) is 4.67. The van der Waals surface area contributed by atoms with Crippen LogP contribution in [0, 0.1) is 0 Å². The van der Waals surface area contributed by atoms with Gasteiger partial charge in [-0.1, -0.05) is 17.7 Å². The molecule has 152 valence electrons. The van der Waals surface area contributed by atoms with Gasteiger partial charge in [0.15, 0.2) is 0 Å². The second kappa shape index (κ2) is 8.23. The topological polar surface area (TPSA) is 83.8 Å². The van der Waals surface area contributed by atoms with E-state index in [4.69, 9.17) is 11.6 Å². The Kier molecular flexibility index (Phi) is 5.69. The molecule has 1 aliphatic heterocycles. The maximum absolute atomic E-state index is 12.5. The molecule has 0 aliphatic carbocycles. The molecule has 2 aromatic heterocycles. The molecule has 1 fully saturated rings. The van der Waals surface area contributed by atoms with Crippen LogP contribution in [0.15, 0.2) is 64.4 Å². The van der Waals surface area contributed by atoms with Crippen LogP contribution in [-0.2, 0) is 16.6 Å². The number of hydrogen-bond acceptors (Lipinski definition) is 5. The van der Waals surface area contributed by atoms with Gasteiger partial charge in [0.2, 0.25) is 10.0 Å². The van der Waals surface area contributed by atoms with E-state index in [0.29, 0.717) is 30.1 Å². The lowest BCUT2D eigenvalue weighted by atomic mass is 10.1. The Morgan fingerprint density at radius 1 is 1.10 bits per heavy atom. The minimum Gasteiger partial charge on any atom is -0.297 e. The predicted molar refractivity (Wildman–Crippen MR) is 112 cm³/mol. The Morgan fingerprint density at radius 2 is 1.83 bits per heavy atom. The highest BCUT2D eigenvalue weighted by Crippen LogP contribution is 2.18. The highest BCUT2D eigenvalue weighted by molar-refractivity contribution is 7.89. The summed E-state index contributed by atoms with van der Waals surface area (Å²) in [5, 5.41) is 0.499. The van der Waals surface area contributed by atoms with Gasteiger partial charge >= 0.3 is 0 Å². The number of benzene rings is 1. The highest BCUT2D eigenvalue weighted by Gasteiger charge is 2.25. The van der Waals surface area contributed by atoms with Crippen LogP contribution in [-0.4, -0.2) is 41.8 Å².